The maximum Gasteiger partial charge on any atom is 0.324 e. The molecule has 0 bridgehead atoms. The fourth-order valence-electron chi connectivity index (χ4n) is 3.94. The third-order valence-corrected chi connectivity index (χ3v) is 5.48. The molecule has 0 aliphatic heterocycles. The highest BCUT2D eigenvalue weighted by Crippen LogP contribution is 2.46. The molecule has 38 heavy (non-hydrogen) atoms. The summed E-state index contributed by atoms with van der Waals surface area (Å²) < 4.78 is 28.3. The van der Waals surface area contributed by atoms with E-state index in [0.29, 0.717) is 50.8 Å². The number of likely N-dealkylation sites (N-methyl/N-ethyl adjacent to an activating group) is 1. The van der Waals surface area contributed by atoms with Gasteiger partial charge in [0.2, 0.25) is 5.76 Å². The van der Waals surface area contributed by atoms with E-state index in [1.54, 1.807) is 36.4 Å². The van der Waals surface area contributed by atoms with E-state index in [1.807, 2.05) is 21.1 Å². The van der Waals surface area contributed by atoms with Crippen LogP contribution in [-0.2, 0) is 0 Å². The summed E-state index contributed by atoms with van der Waals surface area (Å²) in [5, 5.41) is 16.5. The highest BCUT2D eigenvalue weighted by Gasteiger charge is 2.32. The number of hydrazone groups is 1. The minimum Gasteiger partial charge on any atom is -0.493 e. The van der Waals surface area contributed by atoms with Gasteiger partial charge in [0.25, 0.3) is 0 Å². The van der Waals surface area contributed by atoms with Crippen LogP contribution >= 0.6 is 0 Å². The summed E-state index contributed by atoms with van der Waals surface area (Å²) in [5.74, 6) is 2.04. The van der Waals surface area contributed by atoms with Crippen LogP contribution in [0, 0.1) is 10.1 Å². The molecule has 3 aromatic rings. The fourth-order valence-corrected chi connectivity index (χ4v) is 3.94. The van der Waals surface area contributed by atoms with Crippen LogP contribution in [0.2, 0.25) is 0 Å². The van der Waals surface area contributed by atoms with Crippen molar-refractivity contribution in [2.75, 3.05) is 56.1 Å². The molecule has 2 aromatic carbocycles. The number of hydrogen-bond acceptors (Lipinski definition) is 9. The molecule has 1 heterocycles. The first-order chi connectivity index (χ1) is 18.0. The Labute approximate surface area is 221 Å². The molecule has 11 heteroatoms. The van der Waals surface area contributed by atoms with Gasteiger partial charge in [0.05, 0.1) is 66.4 Å². The highest BCUT2D eigenvalue weighted by molar-refractivity contribution is 5.96. The fraction of sp³-hybridized carbons (Fsp3) is 0.296. The van der Waals surface area contributed by atoms with Crippen LogP contribution in [0.15, 0.2) is 58.2 Å². The first kappa shape index (κ1) is 28.1. The molecule has 11 nitrogen and oxygen atoms in total. The number of nitro groups is 1. The number of ether oxygens (including phenoxy) is 4. The van der Waals surface area contributed by atoms with Crippen molar-refractivity contribution in [1.29, 1.82) is 0 Å². The Morgan fingerprint density at radius 3 is 2.00 bits per heavy atom. The van der Waals surface area contributed by atoms with Crippen LogP contribution < -0.4 is 24.4 Å². The topological polar surface area (TPSA) is 118 Å². The first-order valence-corrected chi connectivity index (χ1v) is 11.6. The molecule has 3 rings (SSSR count). The van der Waals surface area contributed by atoms with Crippen LogP contribution in [0.5, 0.6) is 23.0 Å². The Kier molecular flexibility index (Phi) is 8.64. The van der Waals surface area contributed by atoms with Gasteiger partial charge in [-0.3, -0.25) is 15.5 Å². The van der Waals surface area contributed by atoms with Crippen molar-refractivity contribution in [3.8, 4) is 45.4 Å². The van der Waals surface area contributed by atoms with E-state index in [0.717, 1.165) is 0 Å². The molecule has 1 aromatic heterocycles. The van der Waals surface area contributed by atoms with Gasteiger partial charge in [-0.15, -0.1) is 0 Å². The molecule has 0 saturated heterocycles. The van der Waals surface area contributed by atoms with Crippen molar-refractivity contribution in [2.45, 2.75) is 0 Å². The van der Waals surface area contributed by atoms with Gasteiger partial charge in [-0.05, 0) is 35.9 Å². The number of hydrogen-bond donors (Lipinski definition) is 1. The normalized spacial score (nSPS) is 11.3. The molecule has 0 amide bonds. The predicted molar refractivity (Wildman–Crippen MR) is 145 cm³/mol. The molecule has 0 spiro atoms. The second-order valence-electron chi connectivity index (χ2n) is 9.34. The van der Waals surface area contributed by atoms with Gasteiger partial charge in [-0.25, -0.2) is 0 Å². The quantitative estimate of drug-likeness (QED) is 0.157. The SMILES string of the molecule is C=C(C[N+](C)(C)C)N/N=C/c1oc(-c2ccc(OC)c(OC)c2)c(-c2ccc(OC)c(OC)c2)c1[N+](=O)[O-]. The number of methoxy groups -OCH3 is 4. The van der Waals surface area contributed by atoms with E-state index in [2.05, 4.69) is 17.1 Å². The summed E-state index contributed by atoms with van der Waals surface area (Å²) in [6.45, 7) is 4.56. The second kappa shape index (κ2) is 11.7. The number of furan rings is 1. The molecule has 0 unspecified atom stereocenters. The smallest absolute Gasteiger partial charge is 0.324 e. The van der Waals surface area contributed by atoms with Crippen molar-refractivity contribution < 1.29 is 32.8 Å². The van der Waals surface area contributed by atoms with E-state index < -0.39 is 4.92 Å². The lowest BCUT2D eigenvalue weighted by Crippen LogP contribution is -2.38. The largest absolute Gasteiger partial charge is 0.493 e. The molecular formula is C27H33N4O7+. The molecule has 1 N–H and O–H groups in total. The Balaban J connectivity index is 2.22. The van der Waals surface area contributed by atoms with Gasteiger partial charge in [0.15, 0.2) is 23.0 Å². The van der Waals surface area contributed by atoms with Crippen molar-refractivity contribution in [3.05, 3.63) is 64.5 Å². The minimum absolute atomic E-state index is 0.0462. The van der Waals surface area contributed by atoms with Crippen LogP contribution in [0.25, 0.3) is 22.5 Å². The maximum absolute atomic E-state index is 12.4. The molecule has 0 atom stereocenters. The summed E-state index contributed by atoms with van der Waals surface area (Å²) >= 11 is 0. The number of quaternary nitrogens is 1. The summed E-state index contributed by atoms with van der Waals surface area (Å²) in [7, 11) is 12.1. The van der Waals surface area contributed by atoms with E-state index in [1.165, 1.54) is 34.7 Å². The Hall–Kier alpha value is -4.51. The molecular weight excluding hydrogens is 492 g/mol. The Morgan fingerprint density at radius 1 is 0.974 bits per heavy atom. The van der Waals surface area contributed by atoms with E-state index in [-0.39, 0.29) is 22.8 Å². The molecule has 0 radical (unpaired) electrons. The Morgan fingerprint density at radius 2 is 1.50 bits per heavy atom. The zero-order chi connectivity index (χ0) is 28.0. The van der Waals surface area contributed by atoms with Crippen molar-refractivity contribution in [3.63, 3.8) is 0 Å². The zero-order valence-electron chi connectivity index (χ0n) is 22.7. The molecule has 0 aliphatic rings. The zero-order valence-corrected chi connectivity index (χ0v) is 22.7. The molecule has 0 aliphatic carbocycles. The number of rotatable bonds is 12. The van der Waals surface area contributed by atoms with E-state index >= 15 is 0 Å². The van der Waals surface area contributed by atoms with Crippen molar-refractivity contribution in [1.82, 2.24) is 5.43 Å². The molecule has 0 saturated carbocycles. The van der Waals surface area contributed by atoms with Gasteiger partial charge in [0, 0.05) is 5.56 Å². The third-order valence-electron chi connectivity index (χ3n) is 5.48. The monoisotopic (exact) mass is 525 g/mol. The Bertz CT molecular complexity index is 1360. The first-order valence-electron chi connectivity index (χ1n) is 11.6. The molecule has 202 valence electrons. The number of nitrogens with zero attached hydrogens (tertiary/aromatic N) is 3. The van der Waals surface area contributed by atoms with Crippen molar-refractivity contribution in [2.24, 2.45) is 5.10 Å². The summed E-state index contributed by atoms with van der Waals surface area (Å²) in [5.41, 5.74) is 4.49. The maximum atomic E-state index is 12.4. The van der Waals surface area contributed by atoms with E-state index in [4.69, 9.17) is 23.4 Å². The minimum atomic E-state index is -0.498. The standard InChI is InChI=1S/C27H33N4O7/c1-17(16-31(2,3)4)29-28-15-24-26(30(32)33)25(18-9-11-20(34-5)22(13-18)36-7)27(38-24)19-10-12-21(35-6)23(14-19)37-8/h9-15,29H,1,16H2,2-8H3/q+1/b28-15+. The number of nitrogens with one attached hydrogen (secondary N) is 1. The van der Waals surface area contributed by atoms with E-state index in [9.17, 15) is 10.1 Å². The van der Waals surface area contributed by atoms with Gasteiger partial charge in [-0.2, -0.15) is 5.10 Å². The summed E-state index contributed by atoms with van der Waals surface area (Å²) in [6.07, 6.45) is 1.27. The average Bonchev–Trinajstić information content (AvgIpc) is 3.26. The highest BCUT2D eigenvalue weighted by atomic mass is 16.6. The summed E-state index contributed by atoms with van der Waals surface area (Å²) in [4.78, 5) is 11.9. The van der Waals surface area contributed by atoms with Crippen LogP contribution in [0.1, 0.15) is 5.76 Å². The lowest BCUT2D eigenvalue weighted by molar-refractivity contribution is -0.865. The summed E-state index contributed by atoms with van der Waals surface area (Å²) in [6, 6.07) is 10.2. The van der Waals surface area contributed by atoms with Crippen molar-refractivity contribution >= 4 is 11.9 Å². The lowest BCUT2D eigenvalue weighted by atomic mass is 9.99. The third kappa shape index (κ3) is 6.24. The molecule has 0 fully saturated rings. The predicted octanol–water partition coefficient (Wildman–Crippen LogP) is 4.70. The average molecular weight is 526 g/mol. The van der Waals surface area contributed by atoms with Crippen LogP contribution in [0.4, 0.5) is 5.69 Å². The van der Waals surface area contributed by atoms with Crippen LogP contribution in [-0.4, -0.2) is 71.7 Å². The number of benzene rings is 2. The lowest BCUT2D eigenvalue weighted by Gasteiger charge is -2.24. The van der Waals surface area contributed by atoms with Gasteiger partial charge >= 0.3 is 5.69 Å². The second-order valence-corrected chi connectivity index (χ2v) is 9.34. The van der Waals surface area contributed by atoms with Gasteiger partial charge in [-0.1, -0.05) is 12.6 Å². The van der Waals surface area contributed by atoms with Gasteiger partial charge < -0.3 is 27.8 Å². The van der Waals surface area contributed by atoms with Crippen LogP contribution in [0.3, 0.4) is 0 Å². The van der Waals surface area contributed by atoms with Gasteiger partial charge in [0.1, 0.15) is 17.9 Å².